The predicted molar refractivity (Wildman–Crippen MR) is 73.7 cm³/mol. The van der Waals surface area contributed by atoms with Crippen molar-refractivity contribution in [3.05, 3.63) is 17.8 Å². The Morgan fingerprint density at radius 3 is 3.21 bits per heavy atom. The first-order valence-electron chi connectivity index (χ1n) is 6.46. The van der Waals surface area contributed by atoms with Gasteiger partial charge in [0.1, 0.15) is 11.9 Å². The maximum atomic E-state index is 8.75. The molecule has 2 heterocycles. The second-order valence-corrected chi connectivity index (χ2v) is 4.54. The molecule has 1 atom stereocenters. The lowest BCUT2D eigenvalue weighted by molar-refractivity contribution is -0.0192. The summed E-state index contributed by atoms with van der Waals surface area (Å²) in [5, 5.41) is 11.9. The van der Waals surface area contributed by atoms with E-state index < -0.39 is 0 Å². The van der Waals surface area contributed by atoms with E-state index in [0.29, 0.717) is 23.6 Å². The fourth-order valence-corrected chi connectivity index (χ4v) is 2.09. The third kappa shape index (κ3) is 3.56. The molecule has 102 valence electrons. The minimum absolute atomic E-state index is 0.144. The van der Waals surface area contributed by atoms with Gasteiger partial charge in [-0.3, -0.25) is 4.90 Å². The lowest BCUT2D eigenvalue weighted by atomic mass is 10.2. The Labute approximate surface area is 113 Å². The molecule has 1 fully saturated rings. The number of hydrogen-bond acceptors (Lipinski definition) is 6. The molecule has 0 saturated carbocycles. The number of pyridine rings is 1. The molecule has 1 aliphatic rings. The van der Waals surface area contributed by atoms with Gasteiger partial charge in [0.25, 0.3) is 0 Å². The SMILES string of the molecule is CCN1CCOC(CNc2ncc(C#N)cc2N)C1. The van der Waals surface area contributed by atoms with Crippen molar-refractivity contribution in [2.45, 2.75) is 13.0 Å². The topological polar surface area (TPSA) is 87.2 Å². The van der Waals surface area contributed by atoms with Crippen LogP contribution in [-0.4, -0.2) is 48.8 Å². The molecule has 0 radical (unpaired) electrons. The summed E-state index contributed by atoms with van der Waals surface area (Å²) in [6, 6.07) is 3.63. The Kier molecular flexibility index (Phi) is 4.55. The smallest absolute Gasteiger partial charge is 0.149 e. The number of nitrogens with zero attached hydrogens (tertiary/aromatic N) is 3. The molecule has 0 amide bonds. The van der Waals surface area contributed by atoms with Gasteiger partial charge < -0.3 is 15.8 Å². The van der Waals surface area contributed by atoms with E-state index in [1.807, 2.05) is 6.07 Å². The quantitative estimate of drug-likeness (QED) is 0.828. The monoisotopic (exact) mass is 261 g/mol. The number of anilines is 2. The number of likely N-dealkylation sites (N-methyl/N-ethyl adjacent to an activating group) is 1. The van der Waals surface area contributed by atoms with Gasteiger partial charge in [0.05, 0.1) is 24.0 Å². The highest BCUT2D eigenvalue weighted by atomic mass is 16.5. The van der Waals surface area contributed by atoms with Crippen LogP contribution in [0, 0.1) is 11.3 Å². The van der Waals surface area contributed by atoms with Gasteiger partial charge in [-0.15, -0.1) is 0 Å². The summed E-state index contributed by atoms with van der Waals surface area (Å²) in [6.07, 6.45) is 1.66. The van der Waals surface area contributed by atoms with E-state index in [4.69, 9.17) is 15.7 Å². The number of ether oxygens (including phenoxy) is 1. The van der Waals surface area contributed by atoms with Gasteiger partial charge in [0.2, 0.25) is 0 Å². The first-order valence-corrected chi connectivity index (χ1v) is 6.46. The Balaban J connectivity index is 1.90. The molecule has 1 aliphatic heterocycles. The summed E-state index contributed by atoms with van der Waals surface area (Å²) in [5.74, 6) is 0.608. The van der Waals surface area contributed by atoms with Crippen LogP contribution in [0.15, 0.2) is 12.3 Å². The molecule has 0 bridgehead atoms. The molecule has 1 aromatic heterocycles. The van der Waals surface area contributed by atoms with E-state index >= 15 is 0 Å². The highest BCUT2D eigenvalue weighted by Crippen LogP contribution is 2.16. The molecule has 0 spiro atoms. The third-order valence-corrected chi connectivity index (χ3v) is 3.21. The fourth-order valence-electron chi connectivity index (χ4n) is 2.09. The number of nitrogen functional groups attached to an aromatic ring is 1. The number of rotatable bonds is 4. The Morgan fingerprint density at radius 1 is 1.68 bits per heavy atom. The van der Waals surface area contributed by atoms with Gasteiger partial charge >= 0.3 is 0 Å². The van der Waals surface area contributed by atoms with Crippen molar-refractivity contribution in [1.29, 1.82) is 5.26 Å². The molecular formula is C13H19N5O. The van der Waals surface area contributed by atoms with Crippen LogP contribution in [0.2, 0.25) is 0 Å². The number of hydrogen-bond donors (Lipinski definition) is 2. The molecule has 19 heavy (non-hydrogen) atoms. The van der Waals surface area contributed by atoms with Gasteiger partial charge in [-0.05, 0) is 12.6 Å². The molecule has 1 aromatic rings. The van der Waals surface area contributed by atoms with Crippen LogP contribution in [0.25, 0.3) is 0 Å². The molecule has 6 heteroatoms. The normalized spacial score (nSPS) is 19.9. The number of morpholine rings is 1. The van der Waals surface area contributed by atoms with Crippen molar-refractivity contribution < 1.29 is 4.74 Å². The van der Waals surface area contributed by atoms with Crippen molar-refractivity contribution in [3.63, 3.8) is 0 Å². The maximum Gasteiger partial charge on any atom is 0.149 e. The van der Waals surface area contributed by atoms with Gasteiger partial charge in [0.15, 0.2) is 0 Å². The molecule has 0 aliphatic carbocycles. The van der Waals surface area contributed by atoms with Crippen molar-refractivity contribution in [3.8, 4) is 6.07 Å². The average Bonchev–Trinajstić information content (AvgIpc) is 2.46. The van der Waals surface area contributed by atoms with Crippen molar-refractivity contribution in [2.75, 3.05) is 43.8 Å². The molecule has 3 N–H and O–H groups in total. The lowest BCUT2D eigenvalue weighted by Crippen LogP contribution is -2.45. The average molecular weight is 261 g/mol. The number of aromatic nitrogens is 1. The minimum atomic E-state index is 0.144. The van der Waals surface area contributed by atoms with E-state index in [9.17, 15) is 0 Å². The summed E-state index contributed by atoms with van der Waals surface area (Å²) >= 11 is 0. The standard InChI is InChI=1S/C13H19N5O/c1-2-18-3-4-19-11(9-18)8-17-13-12(15)5-10(6-14)7-16-13/h5,7,11H,2-4,8-9,15H2,1H3,(H,16,17). The van der Waals surface area contributed by atoms with Crippen LogP contribution >= 0.6 is 0 Å². The summed E-state index contributed by atoms with van der Waals surface area (Å²) in [7, 11) is 0. The van der Waals surface area contributed by atoms with Crippen LogP contribution < -0.4 is 11.1 Å². The van der Waals surface area contributed by atoms with Crippen molar-refractivity contribution >= 4 is 11.5 Å². The summed E-state index contributed by atoms with van der Waals surface area (Å²) in [4.78, 5) is 6.50. The zero-order chi connectivity index (χ0) is 13.7. The lowest BCUT2D eigenvalue weighted by Gasteiger charge is -2.32. The van der Waals surface area contributed by atoms with Crippen molar-refractivity contribution in [1.82, 2.24) is 9.88 Å². The third-order valence-electron chi connectivity index (χ3n) is 3.21. The highest BCUT2D eigenvalue weighted by molar-refractivity contribution is 5.63. The highest BCUT2D eigenvalue weighted by Gasteiger charge is 2.19. The van der Waals surface area contributed by atoms with E-state index in [1.54, 1.807) is 6.07 Å². The van der Waals surface area contributed by atoms with E-state index in [0.717, 1.165) is 26.2 Å². The fraction of sp³-hybridized carbons (Fsp3) is 0.538. The Morgan fingerprint density at radius 2 is 2.53 bits per heavy atom. The molecular weight excluding hydrogens is 242 g/mol. The zero-order valence-corrected chi connectivity index (χ0v) is 11.1. The molecule has 2 rings (SSSR count). The van der Waals surface area contributed by atoms with E-state index in [2.05, 4.69) is 22.1 Å². The second-order valence-electron chi connectivity index (χ2n) is 4.54. The summed E-state index contributed by atoms with van der Waals surface area (Å²) in [5.41, 5.74) is 6.79. The second kappa shape index (κ2) is 6.36. The van der Waals surface area contributed by atoms with Crippen LogP contribution in [0.4, 0.5) is 11.5 Å². The first kappa shape index (κ1) is 13.6. The first-order chi connectivity index (χ1) is 9.22. The molecule has 1 unspecified atom stereocenters. The van der Waals surface area contributed by atoms with E-state index in [1.165, 1.54) is 6.20 Å². The predicted octanol–water partition coefficient (Wildman–Crippen LogP) is 0.668. The van der Waals surface area contributed by atoms with E-state index in [-0.39, 0.29) is 6.10 Å². The minimum Gasteiger partial charge on any atom is -0.396 e. The Hall–Kier alpha value is -1.84. The number of nitrogens with two attached hydrogens (primary N) is 1. The van der Waals surface area contributed by atoms with Gasteiger partial charge in [-0.25, -0.2) is 4.98 Å². The maximum absolute atomic E-state index is 8.75. The van der Waals surface area contributed by atoms with Gasteiger partial charge in [0, 0.05) is 25.8 Å². The number of nitrogens with one attached hydrogen (secondary N) is 1. The van der Waals surface area contributed by atoms with Crippen molar-refractivity contribution in [2.24, 2.45) is 0 Å². The zero-order valence-electron chi connectivity index (χ0n) is 11.1. The van der Waals surface area contributed by atoms with Crippen LogP contribution in [0.1, 0.15) is 12.5 Å². The summed E-state index contributed by atoms with van der Waals surface area (Å²) in [6.45, 7) is 6.52. The number of nitriles is 1. The van der Waals surface area contributed by atoms with Crippen LogP contribution in [-0.2, 0) is 4.74 Å². The summed E-state index contributed by atoms with van der Waals surface area (Å²) < 4.78 is 5.69. The van der Waals surface area contributed by atoms with Gasteiger partial charge in [-0.2, -0.15) is 5.26 Å². The molecule has 0 aromatic carbocycles. The largest absolute Gasteiger partial charge is 0.396 e. The van der Waals surface area contributed by atoms with Gasteiger partial charge in [-0.1, -0.05) is 6.92 Å². The Bertz CT molecular complexity index is 471. The van der Waals surface area contributed by atoms with Crippen LogP contribution in [0.3, 0.4) is 0 Å². The molecule has 1 saturated heterocycles. The van der Waals surface area contributed by atoms with Crippen LogP contribution in [0.5, 0.6) is 0 Å². The molecule has 6 nitrogen and oxygen atoms in total.